The third-order valence-electron chi connectivity index (χ3n) is 5.15. The van der Waals surface area contributed by atoms with E-state index in [2.05, 4.69) is 11.4 Å². The van der Waals surface area contributed by atoms with E-state index in [1.165, 1.54) is 0 Å². The molecule has 1 aliphatic carbocycles. The van der Waals surface area contributed by atoms with E-state index in [9.17, 15) is 9.59 Å². The average molecular weight is 357 g/mol. The van der Waals surface area contributed by atoms with Crippen LogP contribution in [0.15, 0.2) is 24.3 Å². The Kier molecular flexibility index (Phi) is 5.74. The second-order valence-corrected chi connectivity index (χ2v) is 6.88. The van der Waals surface area contributed by atoms with Crippen LogP contribution in [0.25, 0.3) is 0 Å². The fraction of sp³-hybridized carbons (Fsp3) is 0.526. The second kappa shape index (κ2) is 8.19. The second-order valence-electron chi connectivity index (χ2n) is 6.88. The highest BCUT2D eigenvalue weighted by Crippen LogP contribution is 2.26. The molecule has 1 aromatic rings. The van der Waals surface area contributed by atoms with Gasteiger partial charge in [0.1, 0.15) is 6.10 Å². The fourth-order valence-corrected chi connectivity index (χ4v) is 3.59. The molecule has 138 valence electrons. The third-order valence-corrected chi connectivity index (χ3v) is 5.15. The molecular formula is C19H23N3O4. The van der Waals surface area contributed by atoms with Gasteiger partial charge in [0.25, 0.3) is 0 Å². The fourth-order valence-electron chi connectivity index (χ4n) is 3.59. The van der Waals surface area contributed by atoms with Gasteiger partial charge in [-0.1, -0.05) is 12.1 Å². The zero-order valence-electron chi connectivity index (χ0n) is 14.6. The molecule has 7 heteroatoms. The summed E-state index contributed by atoms with van der Waals surface area (Å²) < 4.78 is 5.78. The molecule has 0 spiro atoms. The van der Waals surface area contributed by atoms with Crippen molar-refractivity contribution in [3.63, 3.8) is 0 Å². The maximum Gasteiger partial charge on any atom is 0.317 e. The molecule has 1 saturated heterocycles. The van der Waals surface area contributed by atoms with Crippen LogP contribution in [0.3, 0.4) is 0 Å². The first-order chi connectivity index (χ1) is 12.6. The number of carbonyl (C=O) groups is 2. The Morgan fingerprint density at radius 2 is 2.04 bits per heavy atom. The Hall–Kier alpha value is -2.59. The molecule has 1 unspecified atom stereocenters. The highest BCUT2D eigenvalue weighted by Gasteiger charge is 2.30. The Morgan fingerprint density at radius 3 is 2.73 bits per heavy atom. The predicted octanol–water partition coefficient (Wildman–Crippen LogP) is 2.28. The van der Waals surface area contributed by atoms with Gasteiger partial charge in [-0.15, -0.1) is 0 Å². The van der Waals surface area contributed by atoms with Crippen LogP contribution in [-0.4, -0.2) is 47.7 Å². The summed E-state index contributed by atoms with van der Waals surface area (Å²) in [6.45, 7) is 1.40. The monoisotopic (exact) mass is 357 g/mol. The number of benzene rings is 1. The number of hydrogen-bond acceptors (Lipinski definition) is 4. The van der Waals surface area contributed by atoms with Crippen LogP contribution in [-0.2, 0) is 9.53 Å². The lowest BCUT2D eigenvalue weighted by Crippen LogP contribution is -2.50. The van der Waals surface area contributed by atoms with Gasteiger partial charge in [-0.3, -0.25) is 4.79 Å². The van der Waals surface area contributed by atoms with Crippen molar-refractivity contribution in [3.8, 4) is 6.07 Å². The number of carbonyl (C=O) groups excluding carboxylic acids is 1. The Labute approximate surface area is 152 Å². The summed E-state index contributed by atoms with van der Waals surface area (Å²) in [5.41, 5.74) is 1.46. The molecule has 0 aromatic heterocycles. The molecule has 0 bridgehead atoms. The van der Waals surface area contributed by atoms with Gasteiger partial charge in [0.05, 0.1) is 30.7 Å². The molecule has 3 rings (SSSR count). The molecule has 0 radical (unpaired) electrons. The SMILES string of the molecule is N#Cc1cccc(C2CN(C(=O)NC3CCC(C(=O)O)CC3)CCO2)c1. The third kappa shape index (κ3) is 4.33. The number of morpholine rings is 1. The zero-order valence-corrected chi connectivity index (χ0v) is 14.6. The van der Waals surface area contributed by atoms with Crippen LogP contribution in [0.5, 0.6) is 0 Å². The maximum atomic E-state index is 12.6. The average Bonchev–Trinajstić information content (AvgIpc) is 2.68. The number of nitriles is 1. The van der Waals surface area contributed by atoms with E-state index >= 15 is 0 Å². The van der Waals surface area contributed by atoms with E-state index in [0.29, 0.717) is 50.9 Å². The molecule has 7 nitrogen and oxygen atoms in total. The first-order valence-corrected chi connectivity index (χ1v) is 8.96. The Balaban J connectivity index is 1.55. The van der Waals surface area contributed by atoms with Gasteiger partial charge in [0.15, 0.2) is 0 Å². The number of aliphatic carboxylic acids is 1. The number of nitrogens with zero attached hydrogens (tertiary/aromatic N) is 2. The van der Waals surface area contributed by atoms with E-state index < -0.39 is 5.97 Å². The standard InChI is InChI=1S/C19H23N3O4/c20-11-13-2-1-3-15(10-13)17-12-22(8-9-26-17)19(25)21-16-6-4-14(5-7-16)18(23)24/h1-3,10,14,16-17H,4-9,12H2,(H,21,25)(H,23,24). The van der Waals surface area contributed by atoms with Crippen molar-refractivity contribution in [2.75, 3.05) is 19.7 Å². The number of carboxylic acids is 1. The molecule has 1 aliphatic heterocycles. The lowest BCUT2D eigenvalue weighted by molar-refractivity contribution is -0.142. The molecular weight excluding hydrogens is 334 g/mol. The van der Waals surface area contributed by atoms with Gasteiger partial charge in [0, 0.05) is 12.6 Å². The summed E-state index contributed by atoms with van der Waals surface area (Å²) in [4.78, 5) is 25.3. The number of nitrogens with one attached hydrogen (secondary N) is 1. The van der Waals surface area contributed by atoms with Crippen LogP contribution in [0.4, 0.5) is 4.79 Å². The van der Waals surface area contributed by atoms with Crippen LogP contribution in [0.2, 0.25) is 0 Å². The normalized spacial score (nSPS) is 26.0. The largest absolute Gasteiger partial charge is 0.481 e. The number of carboxylic acid groups (broad SMARTS) is 1. The molecule has 1 aromatic carbocycles. The molecule has 1 saturated carbocycles. The minimum atomic E-state index is -0.745. The first-order valence-electron chi connectivity index (χ1n) is 8.96. The zero-order chi connectivity index (χ0) is 18.5. The van der Waals surface area contributed by atoms with Gasteiger partial charge in [-0.2, -0.15) is 5.26 Å². The first kappa shape index (κ1) is 18.2. The van der Waals surface area contributed by atoms with Crippen LogP contribution in [0, 0.1) is 17.2 Å². The Bertz CT molecular complexity index is 707. The van der Waals surface area contributed by atoms with Crippen molar-refractivity contribution in [1.29, 1.82) is 5.26 Å². The quantitative estimate of drug-likeness (QED) is 0.864. The predicted molar refractivity (Wildman–Crippen MR) is 93.3 cm³/mol. The molecule has 2 N–H and O–H groups in total. The van der Waals surface area contributed by atoms with E-state index in [0.717, 1.165) is 5.56 Å². The van der Waals surface area contributed by atoms with E-state index in [4.69, 9.17) is 15.1 Å². The summed E-state index contributed by atoms with van der Waals surface area (Å²) in [5, 5.41) is 21.1. The smallest absolute Gasteiger partial charge is 0.317 e. The lowest BCUT2D eigenvalue weighted by Gasteiger charge is -2.35. The lowest BCUT2D eigenvalue weighted by atomic mass is 9.86. The van der Waals surface area contributed by atoms with Gasteiger partial charge < -0.3 is 20.1 Å². The van der Waals surface area contributed by atoms with Crippen LogP contribution in [0.1, 0.15) is 42.9 Å². The summed E-state index contributed by atoms with van der Waals surface area (Å²) in [6, 6.07) is 9.26. The maximum absolute atomic E-state index is 12.6. The topological polar surface area (TPSA) is 103 Å². The van der Waals surface area contributed by atoms with Crippen molar-refractivity contribution in [2.45, 2.75) is 37.8 Å². The highest BCUT2D eigenvalue weighted by molar-refractivity contribution is 5.75. The molecule has 1 heterocycles. The highest BCUT2D eigenvalue weighted by atomic mass is 16.5. The van der Waals surface area contributed by atoms with Crippen molar-refractivity contribution >= 4 is 12.0 Å². The molecule has 2 amide bonds. The summed E-state index contributed by atoms with van der Waals surface area (Å²) in [6.07, 6.45) is 2.35. The number of amides is 2. The van der Waals surface area contributed by atoms with Gasteiger partial charge in [-0.05, 0) is 43.4 Å². The van der Waals surface area contributed by atoms with E-state index in [1.807, 2.05) is 12.1 Å². The summed E-state index contributed by atoms with van der Waals surface area (Å²) in [5.74, 6) is -1.03. The van der Waals surface area contributed by atoms with Gasteiger partial charge in [-0.25, -0.2) is 4.79 Å². The number of ether oxygens (including phenoxy) is 1. The number of rotatable bonds is 3. The van der Waals surface area contributed by atoms with Crippen molar-refractivity contribution in [2.24, 2.45) is 5.92 Å². The minimum absolute atomic E-state index is 0.0290. The van der Waals surface area contributed by atoms with Crippen LogP contribution >= 0.6 is 0 Å². The molecule has 26 heavy (non-hydrogen) atoms. The minimum Gasteiger partial charge on any atom is -0.481 e. The van der Waals surface area contributed by atoms with Crippen molar-refractivity contribution in [3.05, 3.63) is 35.4 Å². The number of hydrogen-bond donors (Lipinski definition) is 2. The Morgan fingerprint density at radius 1 is 1.27 bits per heavy atom. The van der Waals surface area contributed by atoms with Crippen molar-refractivity contribution < 1.29 is 19.4 Å². The van der Waals surface area contributed by atoms with E-state index in [1.54, 1.807) is 17.0 Å². The van der Waals surface area contributed by atoms with Crippen molar-refractivity contribution in [1.82, 2.24) is 10.2 Å². The molecule has 1 atom stereocenters. The van der Waals surface area contributed by atoms with Crippen LogP contribution < -0.4 is 5.32 Å². The summed E-state index contributed by atoms with van der Waals surface area (Å²) >= 11 is 0. The van der Waals surface area contributed by atoms with E-state index in [-0.39, 0.29) is 24.1 Å². The van der Waals surface area contributed by atoms with Gasteiger partial charge in [0.2, 0.25) is 0 Å². The van der Waals surface area contributed by atoms with Gasteiger partial charge >= 0.3 is 12.0 Å². The number of urea groups is 1. The molecule has 2 fully saturated rings. The molecule has 2 aliphatic rings. The summed E-state index contributed by atoms with van der Waals surface area (Å²) in [7, 11) is 0.